The Morgan fingerprint density at radius 2 is 1.68 bits per heavy atom. The monoisotopic (exact) mass is 436 g/mol. The Kier molecular flexibility index (Phi) is 7.30. The molecular formula is C22H24N6O2S. The molecule has 0 unspecified atom stereocenters. The van der Waals surface area contributed by atoms with Gasteiger partial charge in [0.2, 0.25) is 17.8 Å². The number of carbonyl (C=O) groups is 1. The van der Waals surface area contributed by atoms with Gasteiger partial charge < -0.3 is 20.3 Å². The Morgan fingerprint density at radius 1 is 0.968 bits per heavy atom. The summed E-state index contributed by atoms with van der Waals surface area (Å²) < 4.78 is 5.44. The molecule has 3 aromatic rings. The van der Waals surface area contributed by atoms with Gasteiger partial charge in [0.15, 0.2) is 5.16 Å². The van der Waals surface area contributed by atoms with Crippen LogP contribution in [0.3, 0.4) is 0 Å². The molecule has 1 saturated heterocycles. The van der Waals surface area contributed by atoms with Crippen molar-refractivity contribution in [3.63, 3.8) is 0 Å². The van der Waals surface area contributed by atoms with Gasteiger partial charge in [-0.1, -0.05) is 60.3 Å². The van der Waals surface area contributed by atoms with Crippen molar-refractivity contribution in [1.82, 2.24) is 15.0 Å². The fourth-order valence-corrected chi connectivity index (χ4v) is 3.65. The minimum Gasteiger partial charge on any atom is -0.378 e. The summed E-state index contributed by atoms with van der Waals surface area (Å²) in [6.07, 6.45) is 0. The van der Waals surface area contributed by atoms with Crippen LogP contribution in [0.25, 0.3) is 0 Å². The second kappa shape index (κ2) is 10.7. The summed E-state index contributed by atoms with van der Waals surface area (Å²) in [5, 5.41) is 6.66. The summed E-state index contributed by atoms with van der Waals surface area (Å²) in [6.45, 7) is 3.33. The molecule has 1 amide bonds. The van der Waals surface area contributed by atoms with Gasteiger partial charge in [-0.3, -0.25) is 4.79 Å². The zero-order chi connectivity index (χ0) is 21.3. The normalized spacial score (nSPS) is 13.6. The number of ether oxygens (including phenoxy) is 1. The van der Waals surface area contributed by atoms with Gasteiger partial charge in [0, 0.05) is 25.3 Å². The van der Waals surface area contributed by atoms with E-state index in [9.17, 15) is 4.79 Å². The number of amides is 1. The molecule has 9 heteroatoms. The first-order valence-corrected chi connectivity index (χ1v) is 11.1. The Hall–Kier alpha value is -3.17. The number of nitrogens with one attached hydrogen (secondary N) is 2. The lowest BCUT2D eigenvalue weighted by atomic mass is 10.2. The van der Waals surface area contributed by atoms with Gasteiger partial charge in [-0.25, -0.2) is 0 Å². The number of hydrogen-bond acceptors (Lipinski definition) is 8. The van der Waals surface area contributed by atoms with Crippen molar-refractivity contribution >= 4 is 35.3 Å². The van der Waals surface area contributed by atoms with Crippen LogP contribution in [-0.4, -0.2) is 52.9 Å². The van der Waals surface area contributed by atoms with Crippen LogP contribution in [0.1, 0.15) is 5.56 Å². The number of benzene rings is 2. The van der Waals surface area contributed by atoms with Crippen LogP contribution in [0, 0.1) is 0 Å². The first-order valence-electron chi connectivity index (χ1n) is 10.1. The molecule has 8 nitrogen and oxygen atoms in total. The van der Waals surface area contributed by atoms with E-state index in [1.165, 1.54) is 11.8 Å². The average molecular weight is 437 g/mol. The van der Waals surface area contributed by atoms with E-state index in [4.69, 9.17) is 4.74 Å². The lowest BCUT2D eigenvalue weighted by molar-refractivity contribution is -0.113. The highest BCUT2D eigenvalue weighted by Crippen LogP contribution is 2.20. The molecule has 1 aromatic heterocycles. The number of nitrogens with zero attached hydrogens (tertiary/aromatic N) is 4. The van der Waals surface area contributed by atoms with Crippen LogP contribution in [0.15, 0.2) is 65.8 Å². The summed E-state index contributed by atoms with van der Waals surface area (Å²) >= 11 is 1.29. The number of para-hydroxylation sites is 1. The molecule has 0 radical (unpaired) electrons. The molecule has 0 bridgehead atoms. The topological polar surface area (TPSA) is 92.3 Å². The highest BCUT2D eigenvalue weighted by Gasteiger charge is 2.17. The molecule has 0 saturated carbocycles. The van der Waals surface area contributed by atoms with Crippen molar-refractivity contribution in [1.29, 1.82) is 0 Å². The van der Waals surface area contributed by atoms with E-state index in [0.717, 1.165) is 24.3 Å². The third-order valence-corrected chi connectivity index (χ3v) is 5.43. The van der Waals surface area contributed by atoms with Gasteiger partial charge in [0.1, 0.15) is 0 Å². The lowest BCUT2D eigenvalue weighted by Crippen LogP contribution is -2.37. The summed E-state index contributed by atoms with van der Waals surface area (Å²) in [5.74, 6) is 1.19. The Bertz CT molecular complexity index is 984. The van der Waals surface area contributed by atoms with Crippen LogP contribution in [0.5, 0.6) is 0 Å². The molecule has 0 spiro atoms. The Morgan fingerprint density at radius 3 is 2.42 bits per heavy atom. The van der Waals surface area contributed by atoms with Gasteiger partial charge >= 0.3 is 0 Å². The van der Waals surface area contributed by atoms with E-state index in [1.807, 2.05) is 60.7 Å². The molecule has 2 N–H and O–H groups in total. The molecule has 2 heterocycles. The molecule has 1 aliphatic rings. The summed E-state index contributed by atoms with van der Waals surface area (Å²) in [6, 6.07) is 19.4. The van der Waals surface area contributed by atoms with Crippen molar-refractivity contribution in [2.24, 2.45) is 0 Å². The van der Waals surface area contributed by atoms with E-state index >= 15 is 0 Å². The minimum absolute atomic E-state index is 0.108. The molecule has 2 aromatic carbocycles. The molecular weight excluding hydrogens is 412 g/mol. The van der Waals surface area contributed by atoms with Crippen LogP contribution < -0.4 is 15.5 Å². The van der Waals surface area contributed by atoms with Gasteiger partial charge in [-0.15, -0.1) is 0 Å². The third kappa shape index (κ3) is 6.40. The van der Waals surface area contributed by atoms with E-state index in [2.05, 4.69) is 30.5 Å². The first kappa shape index (κ1) is 21.1. The predicted octanol–water partition coefficient (Wildman–Crippen LogP) is 3.05. The summed E-state index contributed by atoms with van der Waals surface area (Å²) in [4.78, 5) is 28.1. The number of anilines is 3. The van der Waals surface area contributed by atoms with Crippen molar-refractivity contribution in [3.05, 3.63) is 66.2 Å². The summed E-state index contributed by atoms with van der Waals surface area (Å²) in [5.41, 5.74) is 1.90. The van der Waals surface area contributed by atoms with E-state index in [1.54, 1.807) is 0 Å². The van der Waals surface area contributed by atoms with Gasteiger partial charge in [0.25, 0.3) is 0 Å². The second-order valence-electron chi connectivity index (χ2n) is 6.88. The first-order chi connectivity index (χ1) is 15.3. The standard InChI is InChI=1S/C22H24N6O2S/c29-19(24-18-9-5-2-6-10-18)16-31-22-26-20(23-15-17-7-3-1-4-8-17)25-21(27-22)28-11-13-30-14-12-28/h1-10H,11-16H2,(H,24,29)(H,23,25,26,27). The molecule has 160 valence electrons. The number of aromatic nitrogens is 3. The molecule has 4 rings (SSSR count). The average Bonchev–Trinajstić information content (AvgIpc) is 2.83. The van der Waals surface area contributed by atoms with Crippen molar-refractivity contribution in [2.45, 2.75) is 11.7 Å². The van der Waals surface area contributed by atoms with Gasteiger partial charge in [0.05, 0.1) is 19.0 Å². The molecule has 0 atom stereocenters. The van der Waals surface area contributed by atoms with Crippen molar-refractivity contribution in [2.75, 3.05) is 47.6 Å². The zero-order valence-corrected chi connectivity index (χ0v) is 17.8. The number of carbonyl (C=O) groups excluding carboxylic acids is 1. The SMILES string of the molecule is O=C(CSc1nc(NCc2ccccc2)nc(N2CCOCC2)n1)Nc1ccccc1. The third-order valence-electron chi connectivity index (χ3n) is 4.58. The van der Waals surface area contributed by atoms with Gasteiger partial charge in [-0.2, -0.15) is 15.0 Å². The number of rotatable bonds is 8. The molecule has 1 fully saturated rings. The fourth-order valence-electron chi connectivity index (χ4n) is 3.02. The van der Waals surface area contributed by atoms with Crippen LogP contribution in [0.2, 0.25) is 0 Å². The highest BCUT2D eigenvalue weighted by molar-refractivity contribution is 7.99. The fraction of sp³-hybridized carbons (Fsp3) is 0.273. The van der Waals surface area contributed by atoms with Crippen LogP contribution in [-0.2, 0) is 16.1 Å². The smallest absolute Gasteiger partial charge is 0.234 e. The molecule has 31 heavy (non-hydrogen) atoms. The zero-order valence-electron chi connectivity index (χ0n) is 17.0. The molecule has 1 aliphatic heterocycles. The van der Waals surface area contributed by atoms with E-state index in [0.29, 0.717) is 36.8 Å². The largest absolute Gasteiger partial charge is 0.378 e. The Balaban J connectivity index is 1.44. The van der Waals surface area contributed by atoms with E-state index in [-0.39, 0.29) is 11.7 Å². The van der Waals surface area contributed by atoms with Gasteiger partial charge in [-0.05, 0) is 17.7 Å². The van der Waals surface area contributed by atoms with Crippen molar-refractivity contribution in [3.8, 4) is 0 Å². The predicted molar refractivity (Wildman–Crippen MR) is 122 cm³/mol. The lowest BCUT2D eigenvalue weighted by Gasteiger charge is -2.27. The quantitative estimate of drug-likeness (QED) is 0.521. The number of morpholine rings is 1. The van der Waals surface area contributed by atoms with Crippen LogP contribution in [0.4, 0.5) is 17.6 Å². The second-order valence-corrected chi connectivity index (χ2v) is 7.83. The van der Waals surface area contributed by atoms with Crippen LogP contribution >= 0.6 is 11.8 Å². The number of hydrogen-bond donors (Lipinski definition) is 2. The number of thioether (sulfide) groups is 1. The maximum absolute atomic E-state index is 12.3. The summed E-state index contributed by atoms with van der Waals surface area (Å²) in [7, 11) is 0. The van der Waals surface area contributed by atoms with E-state index < -0.39 is 0 Å². The molecule has 0 aliphatic carbocycles. The van der Waals surface area contributed by atoms with Crippen molar-refractivity contribution < 1.29 is 9.53 Å². The minimum atomic E-state index is -0.108. The maximum atomic E-state index is 12.3. The maximum Gasteiger partial charge on any atom is 0.234 e. The highest BCUT2D eigenvalue weighted by atomic mass is 32.2. The Labute approximate surface area is 185 Å².